The topological polar surface area (TPSA) is 19.9 Å². The smallest absolute Gasteiger partial charge is 0.0902 e. The van der Waals surface area contributed by atoms with Crippen LogP contribution in [0.4, 0.5) is 0 Å². The Balaban J connectivity index is 2.01. The zero-order valence-corrected chi connectivity index (χ0v) is 6.81. The number of hydrogen-bond acceptors (Lipinski definition) is 0. The second kappa shape index (κ2) is 3.97. The van der Waals surface area contributed by atoms with Gasteiger partial charge in [-0.1, -0.05) is 25.7 Å². The zero-order chi connectivity index (χ0) is 7.40. The van der Waals surface area contributed by atoms with Crippen LogP contribution in [0.1, 0.15) is 45.4 Å². The molecule has 0 N–H and O–H groups in total. The van der Waals surface area contributed by atoms with Crippen molar-refractivity contribution in [2.24, 2.45) is 5.92 Å². The fourth-order valence-corrected chi connectivity index (χ4v) is 1.77. The summed E-state index contributed by atoms with van der Waals surface area (Å²) < 4.78 is 0. The highest BCUT2D eigenvalue weighted by atomic mass is 16.3. The Bertz CT molecular complexity index is 82.7. The molecule has 0 bridgehead atoms. The predicted molar refractivity (Wildman–Crippen MR) is 41.3 cm³/mol. The second-order valence-electron chi connectivity index (χ2n) is 3.54. The van der Waals surface area contributed by atoms with Crippen LogP contribution in [-0.2, 0) is 5.11 Å². The van der Waals surface area contributed by atoms with Crippen LogP contribution in [0.15, 0.2) is 0 Å². The summed E-state index contributed by atoms with van der Waals surface area (Å²) in [7, 11) is 0. The standard InChI is InChI=1S/C9H17O/c1-8(10)6-7-9-4-2-3-5-9/h8-9H,2-7H2,1H3. The van der Waals surface area contributed by atoms with Crippen molar-refractivity contribution in [3.8, 4) is 0 Å². The molecule has 10 heavy (non-hydrogen) atoms. The highest BCUT2D eigenvalue weighted by Gasteiger charge is 2.15. The summed E-state index contributed by atoms with van der Waals surface area (Å²) in [5, 5.41) is 10.7. The highest BCUT2D eigenvalue weighted by Crippen LogP contribution is 2.28. The molecule has 0 aromatic heterocycles. The van der Waals surface area contributed by atoms with E-state index in [1.54, 1.807) is 6.92 Å². The fourth-order valence-electron chi connectivity index (χ4n) is 1.77. The Morgan fingerprint density at radius 1 is 1.40 bits per heavy atom. The van der Waals surface area contributed by atoms with Crippen LogP contribution in [0.5, 0.6) is 0 Å². The molecule has 1 atom stereocenters. The van der Waals surface area contributed by atoms with E-state index >= 15 is 0 Å². The van der Waals surface area contributed by atoms with Gasteiger partial charge in [-0.15, -0.1) is 0 Å². The van der Waals surface area contributed by atoms with E-state index in [1.165, 1.54) is 32.1 Å². The lowest BCUT2D eigenvalue weighted by atomic mass is 10.0. The quantitative estimate of drug-likeness (QED) is 0.576. The van der Waals surface area contributed by atoms with E-state index in [0.29, 0.717) is 0 Å². The van der Waals surface area contributed by atoms with Crippen LogP contribution in [0.2, 0.25) is 0 Å². The van der Waals surface area contributed by atoms with Crippen LogP contribution in [0.3, 0.4) is 0 Å². The molecular formula is C9H17O. The summed E-state index contributed by atoms with van der Waals surface area (Å²) in [4.78, 5) is 0. The molecule has 0 aromatic carbocycles. The van der Waals surface area contributed by atoms with Gasteiger partial charge >= 0.3 is 0 Å². The monoisotopic (exact) mass is 141 g/mol. The Morgan fingerprint density at radius 2 is 2.00 bits per heavy atom. The molecule has 0 saturated heterocycles. The van der Waals surface area contributed by atoms with Gasteiger partial charge in [0, 0.05) is 0 Å². The van der Waals surface area contributed by atoms with Gasteiger partial charge in [0.15, 0.2) is 0 Å². The maximum atomic E-state index is 10.7. The van der Waals surface area contributed by atoms with Gasteiger partial charge in [-0.2, -0.15) is 0 Å². The molecule has 1 aliphatic rings. The van der Waals surface area contributed by atoms with Gasteiger partial charge in [0.25, 0.3) is 0 Å². The third-order valence-electron chi connectivity index (χ3n) is 2.46. The zero-order valence-electron chi connectivity index (χ0n) is 6.81. The third kappa shape index (κ3) is 2.70. The van der Waals surface area contributed by atoms with E-state index in [-0.39, 0.29) is 6.10 Å². The van der Waals surface area contributed by atoms with Crippen molar-refractivity contribution in [1.29, 1.82) is 0 Å². The summed E-state index contributed by atoms with van der Waals surface area (Å²) in [6.45, 7) is 1.77. The van der Waals surface area contributed by atoms with E-state index in [9.17, 15) is 5.11 Å². The largest absolute Gasteiger partial charge is 0.233 e. The molecule has 0 aliphatic heterocycles. The lowest BCUT2D eigenvalue weighted by Crippen LogP contribution is -2.01. The molecule has 0 aromatic rings. The highest BCUT2D eigenvalue weighted by molar-refractivity contribution is 4.67. The minimum absolute atomic E-state index is 0.333. The summed E-state index contributed by atoms with van der Waals surface area (Å²) in [5.74, 6) is 0.899. The van der Waals surface area contributed by atoms with E-state index in [0.717, 1.165) is 12.3 Å². The Morgan fingerprint density at radius 3 is 2.50 bits per heavy atom. The number of hydrogen-bond donors (Lipinski definition) is 0. The predicted octanol–water partition coefficient (Wildman–Crippen LogP) is 2.78. The minimum atomic E-state index is -0.333. The van der Waals surface area contributed by atoms with E-state index in [2.05, 4.69) is 0 Å². The molecule has 1 radical (unpaired) electrons. The van der Waals surface area contributed by atoms with Gasteiger partial charge < -0.3 is 0 Å². The Kier molecular flexibility index (Phi) is 3.20. The summed E-state index contributed by atoms with van der Waals surface area (Å²) in [6.07, 6.45) is 7.31. The van der Waals surface area contributed by atoms with E-state index in [1.807, 2.05) is 0 Å². The lowest BCUT2D eigenvalue weighted by molar-refractivity contribution is 0.0912. The van der Waals surface area contributed by atoms with Gasteiger partial charge in [-0.05, 0) is 25.7 Å². The molecule has 0 amide bonds. The van der Waals surface area contributed by atoms with Crippen molar-refractivity contribution in [3.63, 3.8) is 0 Å². The second-order valence-corrected chi connectivity index (χ2v) is 3.54. The third-order valence-corrected chi connectivity index (χ3v) is 2.46. The molecule has 59 valence electrons. The maximum Gasteiger partial charge on any atom is 0.0902 e. The average Bonchev–Trinajstić information content (AvgIpc) is 2.34. The summed E-state index contributed by atoms with van der Waals surface area (Å²) in [5.41, 5.74) is 0. The van der Waals surface area contributed by atoms with Gasteiger partial charge in [-0.3, -0.25) is 0 Å². The molecule has 1 saturated carbocycles. The van der Waals surface area contributed by atoms with Crippen molar-refractivity contribution in [2.75, 3.05) is 0 Å². The van der Waals surface area contributed by atoms with Gasteiger partial charge in [0.2, 0.25) is 0 Å². The van der Waals surface area contributed by atoms with Gasteiger partial charge in [0.05, 0.1) is 6.10 Å². The average molecular weight is 141 g/mol. The Labute approximate surface area is 63.4 Å². The maximum absolute atomic E-state index is 10.7. The van der Waals surface area contributed by atoms with Crippen LogP contribution >= 0.6 is 0 Å². The van der Waals surface area contributed by atoms with Crippen LogP contribution in [-0.4, -0.2) is 6.10 Å². The molecular weight excluding hydrogens is 124 g/mol. The van der Waals surface area contributed by atoms with Crippen molar-refractivity contribution < 1.29 is 5.11 Å². The normalized spacial score (nSPS) is 23.4. The van der Waals surface area contributed by atoms with Crippen LogP contribution in [0.25, 0.3) is 0 Å². The van der Waals surface area contributed by atoms with Gasteiger partial charge in [-0.25, -0.2) is 5.11 Å². The van der Waals surface area contributed by atoms with Crippen molar-refractivity contribution >= 4 is 0 Å². The molecule has 1 heteroatoms. The summed E-state index contributed by atoms with van der Waals surface area (Å²) >= 11 is 0. The van der Waals surface area contributed by atoms with Crippen LogP contribution in [0, 0.1) is 5.92 Å². The van der Waals surface area contributed by atoms with Crippen molar-refractivity contribution in [2.45, 2.75) is 51.6 Å². The van der Waals surface area contributed by atoms with Crippen molar-refractivity contribution in [1.82, 2.24) is 0 Å². The SMILES string of the molecule is CC([O])CCC1CCCC1. The first kappa shape index (κ1) is 8.06. The first-order valence-electron chi connectivity index (χ1n) is 4.45. The molecule has 0 heterocycles. The number of rotatable bonds is 3. The van der Waals surface area contributed by atoms with E-state index < -0.39 is 0 Å². The molecule has 1 fully saturated rings. The molecule has 1 nitrogen and oxygen atoms in total. The van der Waals surface area contributed by atoms with E-state index in [4.69, 9.17) is 0 Å². The fraction of sp³-hybridized carbons (Fsp3) is 1.00. The first-order chi connectivity index (χ1) is 4.79. The Hall–Kier alpha value is -0.0400. The molecule has 0 spiro atoms. The lowest BCUT2D eigenvalue weighted by Gasteiger charge is -2.07. The molecule has 1 unspecified atom stereocenters. The minimum Gasteiger partial charge on any atom is -0.233 e. The summed E-state index contributed by atoms with van der Waals surface area (Å²) in [6, 6.07) is 0. The first-order valence-corrected chi connectivity index (χ1v) is 4.45. The molecule has 1 rings (SSSR count). The van der Waals surface area contributed by atoms with Crippen molar-refractivity contribution in [3.05, 3.63) is 0 Å². The van der Waals surface area contributed by atoms with Crippen LogP contribution < -0.4 is 0 Å². The molecule has 1 aliphatic carbocycles. The van der Waals surface area contributed by atoms with Gasteiger partial charge in [0.1, 0.15) is 0 Å².